The molecule has 8 nitrogen and oxygen atoms in total. The van der Waals surface area contributed by atoms with E-state index in [0.29, 0.717) is 0 Å². The van der Waals surface area contributed by atoms with Crippen molar-refractivity contribution in [3.63, 3.8) is 0 Å². The largest absolute Gasteiger partial charge is 0.469 e. The van der Waals surface area contributed by atoms with E-state index in [4.69, 9.17) is 9.47 Å². The number of nitrogens with one attached hydrogen (secondary N) is 1. The maximum atomic E-state index is 12.4. The van der Waals surface area contributed by atoms with Crippen LogP contribution in [0.3, 0.4) is 0 Å². The van der Waals surface area contributed by atoms with Crippen LogP contribution in [0.5, 0.6) is 0 Å². The molecule has 0 aromatic rings. The van der Waals surface area contributed by atoms with Gasteiger partial charge in [-0.3, -0.25) is 19.2 Å². The van der Waals surface area contributed by atoms with Crippen LogP contribution in [0, 0.1) is 11.8 Å². The first-order valence-corrected chi connectivity index (χ1v) is 7.32. The van der Waals surface area contributed by atoms with Crippen LogP contribution in [0.1, 0.15) is 13.3 Å². The van der Waals surface area contributed by atoms with Gasteiger partial charge in [-0.1, -0.05) is 0 Å². The lowest BCUT2D eigenvalue weighted by molar-refractivity contribution is -0.165. The molecule has 2 fully saturated rings. The lowest BCUT2D eigenvalue weighted by Gasteiger charge is -2.35. The number of fused-ring (bicyclic) bond motifs is 2. The summed E-state index contributed by atoms with van der Waals surface area (Å²) in [5, 5.41) is 2.68. The highest BCUT2D eigenvalue weighted by molar-refractivity contribution is 8.03. The van der Waals surface area contributed by atoms with Gasteiger partial charge in [-0.25, -0.2) is 0 Å². The molecular weight excluding hydrogens is 314 g/mol. The van der Waals surface area contributed by atoms with E-state index in [1.807, 2.05) is 0 Å². The first-order chi connectivity index (χ1) is 10.3. The molecule has 2 saturated heterocycles. The number of piperidine rings is 1. The molecule has 4 unspecified atom stereocenters. The fourth-order valence-corrected chi connectivity index (χ4v) is 5.12. The minimum Gasteiger partial charge on any atom is -0.469 e. The van der Waals surface area contributed by atoms with Gasteiger partial charge in [-0.05, 0) is 6.92 Å². The average molecular weight is 331 g/mol. The van der Waals surface area contributed by atoms with Gasteiger partial charge >= 0.3 is 17.9 Å². The summed E-state index contributed by atoms with van der Waals surface area (Å²) in [5.74, 6) is -4.57. The summed E-state index contributed by atoms with van der Waals surface area (Å²) >= 11 is 1.07. The molecule has 4 atom stereocenters. The normalized spacial score (nSPS) is 35.7. The SMILES string of the molecule is COC(=O)CC12SC(C)(NC1=O)C(C(=O)OC)C2C(=O)OC. The molecule has 1 amide bonds. The van der Waals surface area contributed by atoms with Gasteiger partial charge in [0.1, 0.15) is 10.7 Å². The Balaban J connectivity index is 2.53. The van der Waals surface area contributed by atoms with Crippen LogP contribution in [-0.2, 0) is 33.4 Å². The second kappa shape index (κ2) is 5.45. The zero-order valence-corrected chi connectivity index (χ0v) is 13.4. The molecule has 1 N–H and O–H groups in total. The Hall–Kier alpha value is -1.77. The van der Waals surface area contributed by atoms with Gasteiger partial charge in [0.25, 0.3) is 0 Å². The minimum atomic E-state index is -1.44. The number of hydrogen-bond donors (Lipinski definition) is 1. The molecule has 0 aromatic heterocycles. The van der Waals surface area contributed by atoms with E-state index in [-0.39, 0.29) is 6.42 Å². The second-order valence-electron chi connectivity index (χ2n) is 5.31. The Bertz CT molecular complexity index is 551. The van der Waals surface area contributed by atoms with Crippen LogP contribution < -0.4 is 5.32 Å². The number of thioether (sulfide) groups is 1. The van der Waals surface area contributed by atoms with Gasteiger partial charge in [0.15, 0.2) is 0 Å². The number of rotatable bonds is 4. The Kier molecular flexibility index (Phi) is 4.12. The molecule has 0 radical (unpaired) electrons. The van der Waals surface area contributed by atoms with Gasteiger partial charge in [-0.2, -0.15) is 0 Å². The lowest BCUT2D eigenvalue weighted by Crippen LogP contribution is -2.61. The fourth-order valence-electron chi connectivity index (χ4n) is 3.17. The molecule has 2 aliphatic heterocycles. The second-order valence-corrected chi connectivity index (χ2v) is 7.09. The molecule has 0 aliphatic carbocycles. The average Bonchev–Trinajstić information content (AvgIpc) is 2.88. The lowest BCUT2D eigenvalue weighted by atomic mass is 9.73. The quantitative estimate of drug-likeness (QED) is 0.540. The van der Waals surface area contributed by atoms with Crippen molar-refractivity contribution < 1.29 is 33.4 Å². The van der Waals surface area contributed by atoms with Gasteiger partial charge in [0, 0.05) is 0 Å². The molecule has 2 bridgehead atoms. The third kappa shape index (κ3) is 2.15. The van der Waals surface area contributed by atoms with Crippen molar-refractivity contribution in [1.82, 2.24) is 5.32 Å². The molecule has 2 aliphatic rings. The number of carbonyl (C=O) groups excluding carboxylic acids is 4. The standard InChI is InChI=1S/C13H17NO7S/c1-12-7(9(16)20-3)8(10(17)21-4)13(22-12,11(18)14-12)5-6(15)19-2/h7-8H,5H2,1-4H3,(H,14,18). The summed E-state index contributed by atoms with van der Waals surface area (Å²) in [6.07, 6.45) is -0.331. The summed E-state index contributed by atoms with van der Waals surface area (Å²) in [6.45, 7) is 1.62. The number of carbonyl (C=O) groups is 4. The van der Waals surface area contributed by atoms with Gasteiger partial charge < -0.3 is 19.5 Å². The first-order valence-electron chi connectivity index (χ1n) is 6.51. The van der Waals surface area contributed by atoms with E-state index < -0.39 is 45.3 Å². The van der Waals surface area contributed by atoms with Crippen molar-refractivity contribution in [3.05, 3.63) is 0 Å². The number of esters is 3. The molecule has 2 rings (SSSR count). The maximum absolute atomic E-state index is 12.4. The van der Waals surface area contributed by atoms with Crippen LogP contribution in [-0.4, -0.2) is 54.8 Å². The zero-order chi connectivity index (χ0) is 16.7. The fraction of sp³-hybridized carbons (Fsp3) is 0.692. The molecule has 0 spiro atoms. The number of ether oxygens (including phenoxy) is 3. The van der Waals surface area contributed by atoms with Crippen molar-refractivity contribution >= 4 is 35.6 Å². The number of methoxy groups -OCH3 is 3. The summed E-state index contributed by atoms with van der Waals surface area (Å²) in [5.41, 5.74) is 0. The van der Waals surface area contributed by atoms with Gasteiger partial charge in [0.05, 0.1) is 38.5 Å². The van der Waals surface area contributed by atoms with E-state index in [9.17, 15) is 19.2 Å². The summed E-state index contributed by atoms with van der Waals surface area (Å²) in [7, 11) is 3.56. The Morgan fingerprint density at radius 3 is 2.14 bits per heavy atom. The van der Waals surface area contributed by atoms with Crippen molar-refractivity contribution in [3.8, 4) is 0 Å². The van der Waals surface area contributed by atoms with Crippen LogP contribution in [0.15, 0.2) is 0 Å². The molecule has 0 aromatic carbocycles. The predicted molar refractivity (Wildman–Crippen MR) is 74.5 cm³/mol. The van der Waals surface area contributed by atoms with E-state index in [1.54, 1.807) is 6.92 Å². The van der Waals surface area contributed by atoms with E-state index in [2.05, 4.69) is 10.1 Å². The third-order valence-electron chi connectivity index (χ3n) is 4.11. The van der Waals surface area contributed by atoms with Crippen LogP contribution in [0.25, 0.3) is 0 Å². The number of amides is 1. The Morgan fingerprint density at radius 1 is 1.09 bits per heavy atom. The van der Waals surface area contributed by atoms with E-state index in [1.165, 1.54) is 21.3 Å². The molecule has 0 saturated carbocycles. The van der Waals surface area contributed by atoms with Crippen LogP contribution >= 0.6 is 11.8 Å². The van der Waals surface area contributed by atoms with E-state index >= 15 is 0 Å². The van der Waals surface area contributed by atoms with E-state index in [0.717, 1.165) is 11.8 Å². The Labute approximate surface area is 131 Å². The molecule has 9 heteroatoms. The number of hydrogen-bond acceptors (Lipinski definition) is 8. The highest BCUT2D eigenvalue weighted by atomic mass is 32.2. The van der Waals surface area contributed by atoms with Crippen LogP contribution in [0.2, 0.25) is 0 Å². The van der Waals surface area contributed by atoms with Crippen molar-refractivity contribution in [2.75, 3.05) is 21.3 Å². The van der Waals surface area contributed by atoms with Gasteiger partial charge in [0.2, 0.25) is 5.91 Å². The monoisotopic (exact) mass is 331 g/mol. The van der Waals surface area contributed by atoms with Gasteiger partial charge in [-0.15, -0.1) is 11.8 Å². The van der Waals surface area contributed by atoms with Crippen LogP contribution in [0.4, 0.5) is 0 Å². The highest BCUT2D eigenvalue weighted by Gasteiger charge is 2.75. The maximum Gasteiger partial charge on any atom is 0.312 e. The summed E-state index contributed by atoms with van der Waals surface area (Å²) in [6, 6.07) is 0. The van der Waals surface area contributed by atoms with Crippen molar-refractivity contribution in [2.24, 2.45) is 11.8 Å². The van der Waals surface area contributed by atoms with Crippen molar-refractivity contribution in [1.29, 1.82) is 0 Å². The smallest absolute Gasteiger partial charge is 0.312 e. The minimum absolute atomic E-state index is 0.331. The van der Waals surface area contributed by atoms with Crippen molar-refractivity contribution in [2.45, 2.75) is 23.0 Å². The first kappa shape index (κ1) is 16.6. The third-order valence-corrected chi connectivity index (χ3v) is 5.84. The highest BCUT2D eigenvalue weighted by Crippen LogP contribution is 2.62. The molecule has 22 heavy (non-hydrogen) atoms. The Morgan fingerprint density at radius 2 is 1.64 bits per heavy atom. The predicted octanol–water partition coefficient (Wildman–Crippen LogP) is -0.540. The summed E-state index contributed by atoms with van der Waals surface area (Å²) < 4.78 is 12.7. The molecule has 122 valence electrons. The molecule has 2 heterocycles. The zero-order valence-electron chi connectivity index (χ0n) is 12.6. The summed E-state index contributed by atoms with van der Waals surface area (Å²) in [4.78, 5) is 47.4. The topological polar surface area (TPSA) is 108 Å². The molecular formula is C13H17NO7S.